The number of halogens is 1. The molecule has 30 heavy (non-hydrogen) atoms. The Bertz CT molecular complexity index is 943. The van der Waals surface area contributed by atoms with Crippen molar-refractivity contribution < 1.29 is 9.53 Å². The second kappa shape index (κ2) is 10.6. The molecule has 0 bridgehead atoms. The van der Waals surface area contributed by atoms with Gasteiger partial charge in [0, 0.05) is 24.7 Å². The van der Waals surface area contributed by atoms with Crippen LogP contribution >= 0.6 is 23.4 Å². The molecule has 1 aromatic carbocycles. The number of rotatable bonds is 8. The summed E-state index contributed by atoms with van der Waals surface area (Å²) in [6.07, 6.45) is 5.76. The van der Waals surface area contributed by atoms with E-state index in [-0.39, 0.29) is 16.7 Å². The summed E-state index contributed by atoms with van der Waals surface area (Å²) in [7, 11) is 1.60. The van der Waals surface area contributed by atoms with E-state index in [1.807, 2.05) is 18.7 Å². The van der Waals surface area contributed by atoms with E-state index in [1.165, 1.54) is 31.0 Å². The van der Waals surface area contributed by atoms with Crippen LogP contribution in [0, 0.1) is 0 Å². The number of fused-ring (bicyclic) bond motifs is 1. The van der Waals surface area contributed by atoms with Crippen molar-refractivity contribution in [1.82, 2.24) is 14.5 Å². The Morgan fingerprint density at radius 1 is 1.37 bits per heavy atom. The van der Waals surface area contributed by atoms with Gasteiger partial charge >= 0.3 is 0 Å². The number of amides is 1. The van der Waals surface area contributed by atoms with Crippen LogP contribution in [-0.2, 0) is 16.1 Å². The number of thioether (sulfide) groups is 1. The summed E-state index contributed by atoms with van der Waals surface area (Å²) in [4.78, 5) is 33.0. The smallest absolute Gasteiger partial charge is 0.262 e. The molecule has 6 nitrogen and oxygen atoms in total. The van der Waals surface area contributed by atoms with Gasteiger partial charge in [-0.3, -0.25) is 14.2 Å². The molecule has 1 aliphatic rings. The van der Waals surface area contributed by atoms with Crippen molar-refractivity contribution in [2.45, 2.75) is 68.9 Å². The van der Waals surface area contributed by atoms with Gasteiger partial charge in [-0.2, -0.15) is 0 Å². The highest BCUT2D eigenvalue weighted by Crippen LogP contribution is 2.28. The fourth-order valence-corrected chi connectivity index (χ4v) is 5.24. The summed E-state index contributed by atoms with van der Waals surface area (Å²) in [6, 6.07) is 5.39. The molecule has 2 aromatic rings. The Hall–Kier alpha value is -1.57. The highest BCUT2D eigenvalue weighted by atomic mass is 35.5. The minimum atomic E-state index is -0.343. The molecule has 1 atom stereocenters. The van der Waals surface area contributed by atoms with Gasteiger partial charge < -0.3 is 9.64 Å². The Balaban J connectivity index is 1.90. The van der Waals surface area contributed by atoms with Gasteiger partial charge in [0.25, 0.3) is 5.56 Å². The largest absolute Gasteiger partial charge is 0.383 e. The van der Waals surface area contributed by atoms with E-state index in [2.05, 4.69) is 4.98 Å². The molecule has 0 aliphatic heterocycles. The number of carbonyl (C=O) groups excluding carboxylic acids is 1. The summed E-state index contributed by atoms with van der Waals surface area (Å²) < 4.78 is 6.78. The monoisotopic (exact) mass is 451 g/mol. The predicted molar refractivity (Wildman–Crippen MR) is 122 cm³/mol. The fraction of sp³-hybridized carbons (Fsp3) is 0.591. The highest BCUT2D eigenvalue weighted by molar-refractivity contribution is 8.00. The van der Waals surface area contributed by atoms with Crippen LogP contribution in [0.4, 0.5) is 0 Å². The maximum Gasteiger partial charge on any atom is 0.262 e. The Morgan fingerprint density at radius 3 is 2.77 bits per heavy atom. The first-order valence-corrected chi connectivity index (χ1v) is 11.9. The van der Waals surface area contributed by atoms with Crippen molar-refractivity contribution in [1.29, 1.82) is 0 Å². The minimum absolute atomic E-state index is 0.105. The standard InChI is InChI=1S/C22H30ClN3O3S/c1-4-25(17-8-6-5-7-9-17)20(27)15(2)30-22-24-19-14-16(23)10-11-18(19)21(28)26(22)12-13-29-3/h10-11,14-15,17H,4-9,12-13H2,1-3H3. The van der Waals surface area contributed by atoms with Crippen molar-refractivity contribution in [3.63, 3.8) is 0 Å². The topological polar surface area (TPSA) is 64.4 Å². The van der Waals surface area contributed by atoms with E-state index < -0.39 is 0 Å². The molecule has 0 saturated heterocycles. The SMILES string of the molecule is CCN(C(=O)C(C)Sc1nc2cc(Cl)ccc2c(=O)n1CCOC)C1CCCCC1. The van der Waals surface area contributed by atoms with Gasteiger partial charge in [-0.25, -0.2) is 4.98 Å². The number of hydrogen-bond acceptors (Lipinski definition) is 5. The van der Waals surface area contributed by atoms with Crippen molar-refractivity contribution in [2.75, 3.05) is 20.3 Å². The van der Waals surface area contributed by atoms with Crippen molar-refractivity contribution in [3.05, 3.63) is 33.6 Å². The number of carbonyl (C=O) groups is 1. The third-order valence-electron chi connectivity index (χ3n) is 5.67. The molecular weight excluding hydrogens is 422 g/mol. The van der Waals surface area contributed by atoms with Gasteiger partial charge in [-0.1, -0.05) is 42.6 Å². The molecule has 3 rings (SSSR count). The summed E-state index contributed by atoms with van der Waals surface area (Å²) >= 11 is 7.45. The molecule has 1 saturated carbocycles. The second-order valence-electron chi connectivity index (χ2n) is 7.68. The van der Waals surface area contributed by atoms with Crippen LogP contribution in [0.25, 0.3) is 10.9 Å². The van der Waals surface area contributed by atoms with Gasteiger partial charge in [0.05, 0.1) is 29.3 Å². The number of nitrogens with zero attached hydrogens (tertiary/aromatic N) is 3. The number of aromatic nitrogens is 2. The average molecular weight is 452 g/mol. The molecule has 0 radical (unpaired) electrons. The first-order chi connectivity index (χ1) is 14.5. The van der Waals surface area contributed by atoms with Crippen LogP contribution in [-0.4, -0.2) is 51.9 Å². The summed E-state index contributed by atoms with van der Waals surface area (Å²) in [6.45, 7) is 5.40. The maximum absolute atomic E-state index is 13.2. The van der Waals surface area contributed by atoms with E-state index in [0.29, 0.717) is 46.8 Å². The minimum Gasteiger partial charge on any atom is -0.383 e. The lowest BCUT2D eigenvalue weighted by atomic mass is 9.94. The van der Waals surface area contributed by atoms with Gasteiger partial charge in [-0.15, -0.1) is 0 Å². The van der Waals surface area contributed by atoms with E-state index in [1.54, 1.807) is 29.9 Å². The van der Waals surface area contributed by atoms with Crippen molar-refractivity contribution in [2.24, 2.45) is 0 Å². The van der Waals surface area contributed by atoms with Crippen LogP contribution < -0.4 is 5.56 Å². The molecule has 0 N–H and O–H groups in total. The zero-order valence-corrected chi connectivity index (χ0v) is 19.5. The lowest BCUT2D eigenvalue weighted by Gasteiger charge is -2.35. The van der Waals surface area contributed by atoms with Crippen molar-refractivity contribution in [3.8, 4) is 0 Å². The predicted octanol–water partition coefficient (Wildman–Crippen LogP) is 4.36. The maximum atomic E-state index is 13.2. The first kappa shape index (κ1) is 23.1. The molecule has 164 valence electrons. The lowest BCUT2D eigenvalue weighted by Crippen LogP contribution is -2.44. The summed E-state index contributed by atoms with van der Waals surface area (Å²) in [5.41, 5.74) is 0.401. The molecule has 1 unspecified atom stereocenters. The molecular formula is C22H30ClN3O3S. The molecule has 1 fully saturated rings. The Kier molecular flexibility index (Phi) is 8.20. The molecule has 8 heteroatoms. The zero-order chi connectivity index (χ0) is 21.7. The quantitative estimate of drug-likeness (QED) is 0.440. The number of methoxy groups -OCH3 is 1. The van der Waals surface area contributed by atoms with E-state index in [4.69, 9.17) is 16.3 Å². The van der Waals surface area contributed by atoms with E-state index >= 15 is 0 Å². The van der Waals surface area contributed by atoms with Crippen LogP contribution in [0.1, 0.15) is 46.0 Å². The average Bonchev–Trinajstić information content (AvgIpc) is 2.74. The van der Waals surface area contributed by atoms with Crippen LogP contribution in [0.3, 0.4) is 0 Å². The van der Waals surface area contributed by atoms with Crippen LogP contribution in [0.15, 0.2) is 28.2 Å². The molecule has 1 aliphatic carbocycles. The highest BCUT2D eigenvalue weighted by Gasteiger charge is 2.29. The van der Waals surface area contributed by atoms with Crippen LogP contribution in [0.2, 0.25) is 5.02 Å². The van der Waals surface area contributed by atoms with Gasteiger partial charge in [0.2, 0.25) is 5.91 Å². The molecule has 0 spiro atoms. The molecule has 1 amide bonds. The lowest BCUT2D eigenvalue weighted by molar-refractivity contribution is -0.133. The van der Waals surface area contributed by atoms with Gasteiger partial charge in [-0.05, 0) is 44.9 Å². The second-order valence-corrected chi connectivity index (χ2v) is 9.43. The van der Waals surface area contributed by atoms with Crippen LogP contribution in [0.5, 0.6) is 0 Å². The Morgan fingerprint density at radius 2 is 2.10 bits per heavy atom. The van der Waals surface area contributed by atoms with Gasteiger partial charge in [0.1, 0.15) is 0 Å². The van der Waals surface area contributed by atoms with Crippen molar-refractivity contribution >= 4 is 40.2 Å². The fourth-order valence-electron chi connectivity index (χ4n) is 4.07. The number of benzene rings is 1. The van der Waals surface area contributed by atoms with E-state index in [0.717, 1.165) is 12.8 Å². The normalized spacial score (nSPS) is 16.0. The number of ether oxygens (including phenoxy) is 1. The number of hydrogen-bond donors (Lipinski definition) is 0. The third-order valence-corrected chi connectivity index (χ3v) is 6.98. The summed E-state index contributed by atoms with van der Waals surface area (Å²) in [5.74, 6) is 0.105. The molecule has 1 aromatic heterocycles. The molecule has 1 heterocycles. The van der Waals surface area contributed by atoms with E-state index in [9.17, 15) is 9.59 Å². The first-order valence-electron chi connectivity index (χ1n) is 10.6. The summed E-state index contributed by atoms with van der Waals surface area (Å²) in [5, 5.41) is 1.21. The Labute approximate surface area is 186 Å². The third kappa shape index (κ3) is 5.18. The van der Waals surface area contributed by atoms with Gasteiger partial charge in [0.15, 0.2) is 5.16 Å². The zero-order valence-electron chi connectivity index (χ0n) is 17.9.